The zero-order chi connectivity index (χ0) is 12.4. The van der Waals surface area contributed by atoms with E-state index in [9.17, 15) is 4.39 Å². The fourth-order valence-electron chi connectivity index (χ4n) is 1.44. The van der Waals surface area contributed by atoms with Crippen LogP contribution >= 0.6 is 22.6 Å². The van der Waals surface area contributed by atoms with Gasteiger partial charge in [0.1, 0.15) is 5.82 Å². The van der Waals surface area contributed by atoms with Gasteiger partial charge in [-0.05, 0) is 47.2 Å². The number of hydrogen-bond acceptors (Lipinski definition) is 3. The van der Waals surface area contributed by atoms with Gasteiger partial charge in [-0.2, -0.15) is 0 Å². The predicted octanol–water partition coefficient (Wildman–Crippen LogP) is 2.42. The largest absolute Gasteiger partial charge is 0.323 e. The third kappa shape index (κ3) is 2.63. The maximum Gasteiger partial charge on any atom is 0.124 e. The standard InChI is InChI=1S/C11H12FIN4/c1-2-9(14)10-6-17(16-15-10)11-4-3-7(12)5-8(11)13/h3-6,9H,2,14H2,1H3. The molecule has 1 aromatic carbocycles. The molecule has 0 radical (unpaired) electrons. The maximum absolute atomic E-state index is 13.0. The second-order valence-electron chi connectivity index (χ2n) is 3.70. The molecule has 0 bridgehead atoms. The highest BCUT2D eigenvalue weighted by Crippen LogP contribution is 2.19. The van der Waals surface area contributed by atoms with Gasteiger partial charge in [0.05, 0.1) is 23.6 Å². The van der Waals surface area contributed by atoms with Crippen LogP contribution in [0.5, 0.6) is 0 Å². The van der Waals surface area contributed by atoms with Gasteiger partial charge >= 0.3 is 0 Å². The Hall–Kier alpha value is -1.02. The van der Waals surface area contributed by atoms with Crippen LogP contribution in [0.1, 0.15) is 25.1 Å². The first kappa shape index (κ1) is 12.4. The Morgan fingerprint density at radius 3 is 2.94 bits per heavy atom. The molecule has 0 amide bonds. The highest BCUT2D eigenvalue weighted by Gasteiger charge is 2.11. The van der Waals surface area contributed by atoms with Gasteiger partial charge in [-0.1, -0.05) is 12.1 Å². The Bertz CT molecular complexity index is 526. The van der Waals surface area contributed by atoms with Gasteiger partial charge in [-0.3, -0.25) is 0 Å². The second kappa shape index (κ2) is 5.09. The Kier molecular flexibility index (Phi) is 3.72. The number of hydrogen-bond donors (Lipinski definition) is 1. The molecule has 2 N–H and O–H groups in total. The first-order valence-corrected chi connectivity index (χ1v) is 6.33. The summed E-state index contributed by atoms with van der Waals surface area (Å²) in [5.74, 6) is -0.260. The molecule has 0 fully saturated rings. The van der Waals surface area contributed by atoms with Crippen molar-refractivity contribution >= 4 is 22.6 Å². The summed E-state index contributed by atoms with van der Waals surface area (Å²) >= 11 is 2.07. The molecule has 0 aliphatic heterocycles. The lowest BCUT2D eigenvalue weighted by Crippen LogP contribution is -2.08. The lowest BCUT2D eigenvalue weighted by molar-refractivity contribution is 0.625. The maximum atomic E-state index is 13.0. The molecule has 1 atom stereocenters. The van der Waals surface area contributed by atoms with Crippen LogP contribution in [-0.4, -0.2) is 15.0 Å². The number of rotatable bonds is 3. The van der Waals surface area contributed by atoms with Crippen molar-refractivity contribution in [1.29, 1.82) is 0 Å². The van der Waals surface area contributed by atoms with Gasteiger partial charge in [-0.15, -0.1) is 5.10 Å². The Morgan fingerprint density at radius 1 is 1.53 bits per heavy atom. The summed E-state index contributed by atoms with van der Waals surface area (Å²) in [6, 6.07) is 4.42. The fourth-order valence-corrected chi connectivity index (χ4v) is 2.16. The van der Waals surface area contributed by atoms with Gasteiger partial charge in [0.15, 0.2) is 0 Å². The van der Waals surface area contributed by atoms with Gasteiger partial charge in [-0.25, -0.2) is 9.07 Å². The van der Waals surface area contributed by atoms with Crippen molar-refractivity contribution in [1.82, 2.24) is 15.0 Å². The lowest BCUT2D eigenvalue weighted by atomic mass is 10.2. The van der Waals surface area contributed by atoms with E-state index in [1.54, 1.807) is 16.9 Å². The van der Waals surface area contributed by atoms with E-state index in [-0.39, 0.29) is 11.9 Å². The molecule has 1 aromatic heterocycles. The molecule has 0 spiro atoms. The number of halogens is 2. The molecule has 0 saturated heterocycles. The minimum absolute atomic E-state index is 0.109. The van der Waals surface area contributed by atoms with Crippen LogP contribution < -0.4 is 5.73 Å². The van der Waals surface area contributed by atoms with Crippen molar-refractivity contribution in [3.05, 3.63) is 39.5 Å². The molecule has 6 heteroatoms. The first-order valence-electron chi connectivity index (χ1n) is 5.25. The summed E-state index contributed by atoms with van der Waals surface area (Å²) in [6.45, 7) is 1.99. The normalized spacial score (nSPS) is 12.7. The summed E-state index contributed by atoms with van der Waals surface area (Å²) in [5.41, 5.74) is 7.41. The molecule has 0 aliphatic rings. The topological polar surface area (TPSA) is 56.7 Å². The molecule has 2 rings (SSSR count). The van der Waals surface area contributed by atoms with Crippen molar-refractivity contribution < 1.29 is 4.39 Å². The monoisotopic (exact) mass is 346 g/mol. The third-order valence-electron chi connectivity index (χ3n) is 2.49. The third-order valence-corrected chi connectivity index (χ3v) is 3.35. The van der Waals surface area contributed by atoms with Crippen LogP contribution in [0.25, 0.3) is 5.69 Å². The van der Waals surface area contributed by atoms with E-state index in [1.165, 1.54) is 12.1 Å². The van der Waals surface area contributed by atoms with Crippen molar-refractivity contribution in [3.8, 4) is 5.69 Å². The van der Waals surface area contributed by atoms with Crippen molar-refractivity contribution in [2.24, 2.45) is 5.73 Å². The van der Waals surface area contributed by atoms with E-state index < -0.39 is 0 Å². The van der Waals surface area contributed by atoms with Gasteiger partial charge < -0.3 is 5.73 Å². The zero-order valence-corrected chi connectivity index (χ0v) is 11.4. The second-order valence-corrected chi connectivity index (χ2v) is 4.86. The van der Waals surface area contributed by atoms with Crippen LogP contribution in [0, 0.1) is 9.39 Å². The van der Waals surface area contributed by atoms with Crippen LogP contribution in [0.3, 0.4) is 0 Å². The SMILES string of the molecule is CCC(N)c1cn(-c2ccc(F)cc2I)nn1. The Balaban J connectivity index is 2.37. The first-order chi connectivity index (χ1) is 8.11. The van der Waals surface area contributed by atoms with E-state index >= 15 is 0 Å². The molecule has 4 nitrogen and oxygen atoms in total. The van der Waals surface area contributed by atoms with Crippen LogP contribution in [-0.2, 0) is 0 Å². The lowest BCUT2D eigenvalue weighted by Gasteiger charge is -2.04. The van der Waals surface area contributed by atoms with E-state index in [4.69, 9.17) is 5.73 Å². The Labute approximate surface area is 112 Å². The zero-order valence-electron chi connectivity index (χ0n) is 9.27. The van der Waals surface area contributed by atoms with Crippen LogP contribution in [0.4, 0.5) is 4.39 Å². The molecule has 1 heterocycles. The smallest absolute Gasteiger partial charge is 0.124 e. The number of nitrogens with two attached hydrogens (primary N) is 1. The van der Waals surface area contributed by atoms with E-state index in [2.05, 4.69) is 32.9 Å². The number of nitrogens with zero attached hydrogens (tertiary/aromatic N) is 3. The van der Waals surface area contributed by atoms with Crippen molar-refractivity contribution in [3.63, 3.8) is 0 Å². The highest BCUT2D eigenvalue weighted by atomic mass is 127. The average Bonchev–Trinajstić information content (AvgIpc) is 2.77. The Morgan fingerprint density at radius 2 is 2.29 bits per heavy atom. The fraction of sp³-hybridized carbons (Fsp3) is 0.273. The van der Waals surface area contributed by atoms with Crippen molar-refractivity contribution in [2.75, 3.05) is 0 Å². The van der Waals surface area contributed by atoms with Crippen molar-refractivity contribution in [2.45, 2.75) is 19.4 Å². The number of benzene rings is 1. The van der Waals surface area contributed by atoms with Gasteiger partial charge in [0.2, 0.25) is 0 Å². The minimum atomic E-state index is -0.260. The average molecular weight is 346 g/mol. The summed E-state index contributed by atoms with van der Waals surface area (Å²) in [6.07, 6.45) is 2.59. The van der Waals surface area contributed by atoms with E-state index in [1.807, 2.05) is 6.92 Å². The van der Waals surface area contributed by atoms with Crippen LogP contribution in [0.15, 0.2) is 24.4 Å². The molecular formula is C11H12FIN4. The summed E-state index contributed by atoms with van der Waals surface area (Å²) in [4.78, 5) is 0. The van der Waals surface area contributed by atoms with E-state index in [0.29, 0.717) is 0 Å². The quantitative estimate of drug-likeness (QED) is 0.869. The summed E-state index contributed by atoms with van der Waals surface area (Å²) < 4.78 is 15.4. The minimum Gasteiger partial charge on any atom is -0.323 e. The summed E-state index contributed by atoms with van der Waals surface area (Å²) in [7, 11) is 0. The highest BCUT2D eigenvalue weighted by molar-refractivity contribution is 14.1. The predicted molar refractivity (Wildman–Crippen MR) is 71.3 cm³/mol. The molecule has 1 unspecified atom stereocenters. The summed E-state index contributed by atoms with van der Waals surface area (Å²) in [5, 5.41) is 8.02. The molecule has 2 aromatic rings. The van der Waals surface area contributed by atoms with Gasteiger partial charge in [0.25, 0.3) is 0 Å². The molecule has 0 saturated carbocycles. The van der Waals surface area contributed by atoms with E-state index in [0.717, 1.165) is 21.4 Å². The number of aromatic nitrogens is 3. The molecular weight excluding hydrogens is 334 g/mol. The molecule has 90 valence electrons. The molecule has 0 aliphatic carbocycles. The van der Waals surface area contributed by atoms with Gasteiger partial charge in [0, 0.05) is 3.57 Å². The molecule has 17 heavy (non-hydrogen) atoms. The van der Waals surface area contributed by atoms with Crippen LogP contribution in [0.2, 0.25) is 0 Å².